The van der Waals surface area contributed by atoms with Crippen molar-refractivity contribution in [1.82, 2.24) is 4.90 Å². The molecule has 1 saturated heterocycles. The summed E-state index contributed by atoms with van der Waals surface area (Å²) in [6.45, 7) is 1.18. The Bertz CT molecular complexity index is 1350. The number of hydrogen-bond donors (Lipinski definition) is 1. The van der Waals surface area contributed by atoms with Crippen molar-refractivity contribution in [3.63, 3.8) is 0 Å². The van der Waals surface area contributed by atoms with E-state index in [1.165, 1.54) is 0 Å². The molecule has 2 bridgehead atoms. The van der Waals surface area contributed by atoms with E-state index in [2.05, 4.69) is 5.32 Å². The molecule has 0 unspecified atom stereocenters. The molecular formula is C30H26N2O6. The number of imide groups is 1. The number of anilines is 1. The summed E-state index contributed by atoms with van der Waals surface area (Å²) in [5, 5.41) is 2.65. The predicted octanol–water partition coefficient (Wildman–Crippen LogP) is 3.46. The molecule has 3 aliphatic carbocycles. The standard InChI is InChI=1S/C30H26N2O6/c1-2-37-22-14-8-7-13-21(22)31-23(33)16-38-24(34)15-32-29(35)27-25-17-9-3-4-10-18(17)26(28(27)30(32)36)20-12-6-5-11-19(20)25/h3-14,25-28H,2,15-16H2,1H3,(H,31,33)/t25?,26?,27-,28-/m0/s1. The fraction of sp³-hybridized carbons (Fsp3) is 0.267. The number of carbonyl (C=O) groups is 4. The van der Waals surface area contributed by atoms with E-state index in [-0.39, 0.29) is 23.7 Å². The van der Waals surface area contributed by atoms with Crippen molar-refractivity contribution in [2.75, 3.05) is 25.1 Å². The minimum atomic E-state index is -0.819. The number of ether oxygens (including phenoxy) is 2. The highest BCUT2D eigenvalue weighted by molar-refractivity contribution is 6.09. The SMILES string of the molecule is CCOc1ccccc1NC(=O)COC(=O)CN1C(=O)[C@H]2C3c4ccccc4C(c4ccccc43)[C@@H]2C1=O. The second-order valence-electron chi connectivity index (χ2n) is 9.67. The summed E-state index contributed by atoms with van der Waals surface area (Å²) in [6.07, 6.45) is 0. The highest BCUT2D eigenvalue weighted by Gasteiger charge is 2.61. The number of esters is 1. The Kier molecular flexibility index (Phi) is 5.94. The number of carbonyl (C=O) groups excluding carboxylic acids is 4. The summed E-state index contributed by atoms with van der Waals surface area (Å²) in [6, 6.07) is 22.8. The van der Waals surface area contributed by atoms with E-state index >= 15 is 0 Å². The van der Waals surface area contributed by atoms with Crippen molar-refractivity contribution < 1.29 is 28.7 Å². The van der Waals surface area contributed by atoms with Crippen LogP contribution in [0.25, 0.3) is 0 Å². The van der Waals surface area contributed by atoms with Gasteiger partial charge in [-0.1, -0.05) is 60.7 Å². The molecule has 192 valence electrons. The quantitative estimate of drug-likeness (QED) is 0.386. The molecular weight excluding hydrogens is 484 g/mol. The first-order chi connectivity index (χ1) is 18.5. The fourth-order valence-corrected chi connectivity index (χ4v) is 6.25. The predicted molar refractivity (Wildman–Crippen MR) is 137 cm³/mol. The maximum Gasteiger partial charge on any atom is 0.326 e. The smallest absolute Gasteiger partial charge is 0.326 e. The lowest BCUT2D eigenvalue weighted by molar-refractivity contribution is -0.154. The highest BCUT2D eigenvalue weighted by Crippen LogP contribution is 2.60. The van der Waals surface area contributed by atoms with Crippen molar-refractivity contribution in [3.05, 3.63) is 95.1 Å². The Hall–Kier alpha value is -4.46. The molecule has 7 rings (SSSR count). The average molecular weight is 511 g/mol. The molecule has 1 heterocycles. The first-order valence-corrected chi connectivity index (χ1v) is 12.7. The van der Waals surface area contributed by atoms with Crippen LogP contribution in [0, 0.1) is 11.8 Å². The summed E-state index contributed by atoms with van der Waals surface area (Å²) in [5.41, 5.74) is 4.71. The summed E-state index contributed by atoms with van der Waals surface area (Å²) >= 11 is 0. The number of rotatable bonds is 7. The second kappa shape index (κ2) is 9.45. The van der Waals surface area contributed by atoms with Crippen LogP contribution in [0.1, 0.15) is 41.0 Å². The molecule has 0 saturated carbocycles. The third kappa shape index (κ3) is 3.75. The van der Waals surface area contributed by atoms with Crippen molar-refractivity contribution in [2.24, 2.45) is 11.8 Å². The molecule has 1 N–H and O–H groups in total. The van der Waals surface area contributed by atoms with Crippen molar-refractivity contribution in [2.45, 2.75) is 18.8 Å². The van der Waals surface area contributed by atoms with E-state index in [0.717, 1.165) is 27.2 Å². The van der Waals surface area contributed by atoms with Gasteiger partial charge in [0.05, 0.1) is 24.1 Å². The number of nitrogens with zero attached hydrogens (tertiary/aromatic N) is 1. The van der Waals surface area contributed by atoms with Gasteiger partial charge in [-0.25, -0.2) is 0 Å². The van der Waals surface area contributed by atoms with Gasteiger partial charge < -0.3 is 14.8 Å². The Balaban J connectivity index is 1.16. The third-order valence-corrected chi connectivity index (χ3v) is 7.65. The third-order valence-electron chi connectivity index (χ3n) is 7.65. The molecule has 3 amide bonds. The van der Waals surface area contributed by atoms with Crippen LogP contribution in [-0.4, -0.2) is 48.3 Å². The Labute approximate surface area is 219 Å². The van der Waals surface area contributed by atoms with Crippen LogP contribution in [-0.2, 0) is 23.9 Å². The summed E-state index contributed by atoms with van der Waals surface area (Å²) in [5.74, 6) is -3.23. The zero-order chi connectivity index (χ0) is 26.4. The van der Waals surface area contributed by atoms with Crippen molar-refractivity contribution in [1.29, 1.82) is 0 Å². The number of benzene rings is 3. The van der Waals surface area contributed by atoms with Gasteiger partial charge in [-0.2, -0.15) is 0 Å². The van der Waals surface area contributed by atoms with Crippen molar-refractivity contribution in [3.8, 4) is 5.75 Å². The number of para-hydroxylation sites is 2. The molecule has 1 aliphatic heterocycles. The monoisotopic (exact) mass is 510 g/mol. The summed E-state index contributed by atoms with van der Waals surface area (Å²) in [7, 11) is 0. The molecule has 2 atom stereocenters. The van der Waals surface area contributed by atoms with Crippen molar-refractivity contribution >= 4 is 29.4 Å². The first kappa shape index (κ1) is 23.9. The first-order valence-electron chi connectivity index (χ1n) is 12.7. The molecule has 0 aromatic heterocycles. The molecule has 3 aromatic rings. The second-order valence-corrected chi connectivity index (χ2v) is 9.67. The minimum absolute atomic E-state index is 0.244. The zero-order valence-corrected chi connectivity index (χ0v) is 20.8. The molecule has 4 aliphatic rings. The van der Waals surface area contributed by atoms with Gasteiger partial charge in [0.25, 0.3) is 5.91 Å². The minimum Gasteiger partial charge on any atom is -0.492 e. The van der Waals surface area contributed by atoms with Gasteiger partial charge in [-0.3, -0.25) is 24.1 Å². The van der Waals surface area contributed by atoms with Crippen LogP contribution in [0.5, 0.6) is 5.75 Å². The maximum absolute atomic E-state index is 13.6. The number of amides is 3. The Morgan fingerprint density at radius 1 is 0.789 bits per heavy atom. The lowest BCUT2D eigenvalue weighted by Gasteiger charge is -2.45. The molecule has 38 heavy (non-hydrogen) atoms. The maximum atomic E-state index is 13.6. The van der Waals surface area contributed by atoms with Crippen LogP contribution in [0.15, 0.2) is 72.8 Å². The summed E-state index contributed by atoms with van der Waals surface area (Å²) in [4.78, 5) is 53.2. The number of nitrogens with one attached hydrogen (secondary N) is 1. The van der Waals surface area contributed by atoms with Crippen LogP contribution < -0.4 is 10.1 Å². The molecule has 0 spiro atoms. The van der Waals surface area contributed by atoms with E-state index < -0.39 is 36.9 Å². The fourth-order valence-electron chi connectivity index (χ4n) is 6.25. The van der Waals surface area contributed by atoms with Crippen LogP contribution >= 0.6 is 0 Å². The van der Waals surface area contributed by atoms with Gasteiger partial charge in [0.15, 0.2) is 6.61 Å². The van der Waals surface area contributed by atoms with Crippen LogP contribution in [0.3, 0.4) is 0 Å². The Morgan fingerprint density at radius 3 is 1.82 bits per heavy atom. The van der Waals surface area contributed by atoms with E-state index in [9.17, 15) is 19.2 Å². The average Bonchev–Trinajstić information content (AvgIpc) is 3.18. The topological polar surface area (TPSA) is 102 Å². The molecule has 3 aromatic carbocycles. The van der Waals surface area contributed by atoms with E-state index in [0.29, 0.717) is 18.0 Å². The summed E-state index contributed by atoms with van der Waals surface area (Å²) < 4.78 is 10.6. The lowest BCUT2D eigenvalue weighted by atomic mass is 9.55. The van der Waals surface area contributed by atoms with Crippen LogP contribution in [0.2, 0.25) is 0 Å². The molecule has 8 nitrogen and oxygen atoms in total. The molecule has 1 fully saturated rings. The number of hydrogen-bond acceptors (Lipinski definition) is 6. The van der Waals surface area contributed by atoms with Gasteiger partial charge in [0.1, 0.15) is 12.3 Å². The largest absolute Gasteiger partial charge is 0.492 e. The van der Waals surface area contributed by atoms with E-state index in [4.69, 9.17) is 9.47 Å². The van der Waals surface area contributed by atoms with Gasteiger partial charge in [-0.15, -0.1) is 0 Å². The van der Waals surface area contributed by atoms with E-state index in [1.807, 2.05) is 55.5 Å². The molecule has 0 radical (unpaired) electrons. The number of likely N-dealkylation sites (tertiary alicyclic amines) is 1. The molecule has 8 heteroatoms. The van der Waals surface area contributed by atoms with Gasteiger partial charge in [0, 0.05) is 11.8 Å². The lowest BCUT2D eigenvalue weighted by Crippen LogP contribution is -2.41. The van der Waals surface area contributed by atoms with E-state index in [1.54, 1.807) is 24.3 Å². The van der Waals surface area contributed by atoms with Crippen LogP contribution in [0.4, 0.5) is 5.69 Å². The zero-order valence-electron chi connectivity index (χ0n) is 20.8. The normalized spacial score (nSPS) is 22.4. The van der Waals surface area contributed by atoms with Gasteiger partial charge >= 0.3 is 5.97 Å². The van der Waals surface area contributed by atoms with Gasteiger partial charge in [0.2, 0.25) is 11.8 Å². The van der Waals surface area contributed by atoms with Gasteiger partial charge in [-0.05, 0) is 41.3 Å². The Morgan fingerprint density at radius 2 is 1.29 bits per heavy atom. The highest BCUT2D eigenvalue weighted by atomic mass is 16.5.